The number of rotatable bonds is 3. The molecular formula is C8H15N3O2. The Morgan fingerprint density at radius 2 is 2.38 bits per heavy atom. The molecule has 0 spiro atoms. The Morgan fingerprint density at radius 3 is 2.85 bits per heavy atom. The van der Waals surface area contributed by atoms with Crippen LogP contribution >= 0.6 is 0 Å². The van der Waals surface area contributed by atoms with E-state index < -0.39 is 0 Å². The summed E-state index contributed by atoms with van der Waals surface area (Å²) in [7, 11) is 0. The van der Waals surface area contributed by atoms with E-state index in [9.17, 15) is 4.79 Å². The molecule has 1 aliphatic heterocycles. The molecular weight excluding hydrogens is 170 g/mol. The minimum absolute atomic E-state index is 0.330. The van der Waals surface area contributed by atoms with Gasteiger partial charge in [-0.1, -0.05) is 0 Å². The van der Waals surface area contributed by atoms with Gasteiger partial charge >= 0.3 is 5.97 Å². The molecule has 5 nitrogen and oxygen atoms in total. The third-order valence-corrected chi connectivity index (χ3v) is 1.88. The second-order valence-electron chi connectivity index (χ2n) is 2.66. The monoisotopic (exact) mass is 185 g/mol. The van der Waals surface area contributed by atoms with Crippen molar-refractivity contribution in [1.82, 2.24) is 10.4 Å². The summed E-state index contributed by atoms with van der Waals surface area (Å²) >= 11 is 0. The van der Waals surface area contributed by atoms with Gasteiger partial charge in [0.15, 0.2) is 0 Å². The highest BCUT2D eigenvalue weighted by atomic mass is 16.5. The van der Waals surface area contributed by atoms with Crippen LogP contribution in [-0.4, -0.2) is 30.7 Å². The van der Waals surface area contributed by atoms with E-state index in [4.69, 9.17) is 10.5 Å². The molecule has 13 heavy (non-hydrogen) atoms. The Balaban J connectivity index is 2.69. The molecule has 0 fully saturated rings. The first kappa shape index (κ1) is 9.85. The molecule has 0 aliphatic carbocycles. The van der Waals surface area contributed by atoms with E-state index in [0.29, 0.717) is 24.5 Å². The van der Waals surface area contributed by atoms with Crippen molar-refractivity contribution >= 4 is 5.97 Å². The topological polar surface area (TPSA) is 67.6 Å². The van der Waals surface area contributed by atoms with Gasteiger partial charge in [-0.15, -0.1) is 0 Å². The van der Waals surface area contributed by atoms with E-state index in [2.05, 4.69) is 5.43 Å². The molecule has 0 aromatic rings. The van der Waals surface area contributed by atoms with Crippen molar-refractivity contribution < 1.29 is 9.53 Å². The maximum atomic E-state index is 11.3. The zero-order valence-corrected chi connectivity index (χ0v) is 7.96. The number of esters is 1. The van der Waals surface area contributed by atoms with Crippen LogP contribution in [0, 0.1) is 0 Å². The molecule has 0 aromatic heterocycles. The first-order chi connectivity index (χ1) is 6.20. The summed E-state index contributed by atoms with van der Waals surface area (Å²) in [4.78, 5) is 11.3. The predicted molar refractivity (Wildman–Crippen MR) is 48.2 cm³/mol. The fourth-order valence-corrected chi connectivity index (χ4v) is 1.19. The van der Waals surface area contributed by atoms with E-state index in [1.807, 2.05) is 6.92 Å². The Kier molecular flexibility index (Phi) is 3.13. The third-order valence-electron chi connectivity index (χ3n) is 1.88. The van der Waals surface area contributed by atoms with Gasteiger partial charge in [0.05, 0.1) is 18.7 Å². The number of nitrogens with zero attached hydrogens (tertiary/aromatic N) is 1. The number of hydrazine groups is 1. The van der Waals surface area contributed by atoms with Crippen molar-refractivity contribution in [1.29, 1.82) is 0 Å². The van der Waals surface area contributed by atoms with Crippen molar-refractivity contribution in [3.05, 3.63) is 11.4 Å². The Bertz CT molecular complexity index is 238. The van der Waals surface area contributed by atoms with Crippen molar-refractivity contribution in [2.45, 2.75) is 13.8 Å². The highest BCUT2D eigenvalue weighted by molar-refractivity contribution is 5.90. The molecule has 1 aliphatic rings. The smallest absolute Gasteiger partial charge is 0.339 e. The average Bonchev–Trinajstić information content (AvgIpc) is 2.47. The van der Waals surface area contributed by atoms with Crippen LogP contribution in [0.1, 0.15) is 13.8 Å². The van der Waals surface area contributed by atoms with Crippen molar-refractivity contribution in [2.75, 3.05) is 19.7 Å². The van der Waals surface area contributed by atoms with Crippen LogP contribution in [0.2, 0.25) is 0 Å². The van der Waals surface area contributed by atoms with Crippen molar-refractivity contribution in [3.63, 3.8) is 0 Å². The van der Waals surface area contributed by atoms with Gasteiger partial charge in [-0.3, -0.25) is 5.01 Å². The second kappa shape index (κ2) is 4.13. The molecule has 5 heteroatoms. The molecule has 0 bridgehead atoms. The minimum Gasteiger partial charge on any atom is -0.462 e. The van der Waals surface area contributed by atoms with Crippen LogP contribution in [0.5, 0.6) is 0 Å². The van der Waals surface area contributed by atoms with Crippen molar-refractivity contribution in [3.8, 4) is 0 Å². The lowest BCUT2D eigenvalue weighted by Crippen LogP contribution is -2.34. The predicted octanol–water partition coefficient (Wildman–Crippen LogP) is -0.440. The first-order valence-electron chi connectivity index (χ1n) is 4.37. The van der Waals surface area contributed by atoms with E-state index in [0.717, 1.165) is 6.54 Å². The van der Waals surface area contributed by atoms with E-state index in [1.165, 1.54) is 0 Å². The summed E-state index contributed by atoms with van der Waals surface area (Å²) in [5, 5.41) is 1.73. The lowest BCUT2D eigenvalue weighted by molar-refractivity contribution is -0.138. The largest absolute Gasteiger partial charge is 0.462 e. The van der Waals surface area contributed by atoms with Crippen LogP contribution in [0.15, 0.2) is 11.4 Å². The first-order valence-corrected chi connectivity index (χ1v) is 4.37. The normalized spacial score (nSPS) is 16.6. The summed E-state index contributed by atoms with van der Waals surface area (Å²) in [5.41, 5.74) is 9.20. The number of hydrogen-bond donors (Lipinski definition) is 2. The summed E-state index contributed by atoms with van der Waals surface area (Å²) in [6.45, 7) is 5.29. The van der Waals surface area contributed by atoms with E-state index in [-0.39, 0.29) is 5.97 Å². The fourth-order valence-electron chi connectivity index (χ4n) is 1.19. The van der Waals surface area contributed by atoms with Gasteiger partial charge in [0.1, 0.15) is 5.82 Å². The molecule has 0 aromatic carbocycles. The van der Waals surface area contributed by atoms with Gasteiger partial charge in [0, 0.05) is 6.54 Å². The van der Waals surface area contributed by atoms with Crippen LogP contribution in [-0.2, 0) is 9.53 Å². The zero-order valence-electron chi connectivity index (χ0n) is 7.96. The lowest BCUT2D eigenvalue weighted by atomic mass is 10.3. The molecule has 0 amide bonds. The van der Waals surface area contributed by atoms with Gasteiger partial charge < -0.3 is 10.5 Å². The zero-order chi connectivity index (χ0) is 9.84. The third kappa shape index (κ3) is 1.92. The fraction of sp³-hybridized carbons (Fsp3) is 0.625. The van der Waals surface area contributed by atoms with Gasteiger partial charge in [-0.05, 0) is 13.8 Å². The molecule has 0 atom stereocenters. The number of nitrogens with one attached hydrogen (secondary N) is 1. The highest BCUT2D eigenvalue weighted by Crippen LogP contribution is 2.10. The molecule has 3 N–H and O–H groups in total. The number of ether oxygens (including phenoxy) is 1. The molecule has 0 saturated heterocycles. The van der Waals surface area contributed by atoms with Crippen LogP contribution < -0.4 is 11.2 Å². The number of carbonyl (C=O) groups excluding carboxylic acids is 1. The Morgan fingerprint density at radius 1 is 1.69 bits per heavy atom. The van der Waals surface area contributed by atoms with Crippen LogP contribution in [0.25, 0.3) is 0 Å². The molecule has 0 unspecified atom stereocenters. The SMILES string of the molecule is CCOC(=O)C1=C(N)N(CC)NC1. The summed E-state index contributed by atoms with van der Waals surface area (Å²) in [6, 6.07) is 0. The standard InChI is InChI=1S/C8H15N3O2/c1-3-11-7(9)6(5-10-11)8(12)13-4-2/h10H,3-5,9H2,1-2H3. The van der Waals surface area contributed by atoms with Crippen LogP contribution in [0.4, 0.5) is 0 Å². The maximum Gasteiger partial charge on any atom is 0.339 e. The average molecular weight is 185 g/mol. The number of nitrogens with two attached hydrogens (primary N) is 1. The van der Waals surface area contributed by atoms with Crippen LogP contribution in [0.3, 0.4) is 0 Å². The van der Waals surface area contributed by atoms with Gasteiger partial charge in [0.25, 0.3) is 0 Å². The lowest BCUT2D eigenvalue weighted by Gasteiger charge is -2.15. The highest BCUT2D eigenvalue weighted by Gasteiger charge is 2.24. The summed E-state index contributed by atoms with van der Waals surface area (Å²) < 4.78 is 4.85. The minimum atomic E-state index is -0.330. The van der Waals surface area contributed by atoms with E-state index >= 15 is 0 Å². The van der Waals surface area contributed by atoms with Crippen molar-refractivity contribution in [2.24, 2.45) is 5.73 Å². The quantitative estimate of drug-likeness (QED) is 0.583. The van der Waals surface area contributed by atoms with Gasteiger partial charge in [0.2, 0.25) is 0 Å². The molecule has 1 rings (SSSR count). The number of hydrogen-bond acceptors (Lipinski definition) is 5. The molecule has 1 heterocycles. The van der Waals surface area contributed by atoms with E-state index in [1.54, 1.807) is 11.9 Å². The summed E-state index contributed by atoms with van der Waals surface area (Å²) in [6.07, 6.45) is 0. The second-order valence-corrected chi connectivity index (χ2v) is 2.66. The molecule has 74 valence electrons. The summed E-state index contributed by atoms with van der Waals surface area (Å²) in [5.74, 6) is 0.143. The Labute approximate surface area is 77.5 Å². The molecule has 0 radical (unpaired) electrons. The van der Waals surface area contributed by atoms with Gasteiger partial charge in [-0.25, -0.2) is 10.2 Å². The number of carbonyl (C=O) groups is 1. The van der Waals surface area contributed by atoms with Gasteiger partial charge in [-0.2, -0.15) is 0 Å². The molecule has 0 saturated carbocycles. The Hall–Kier alpha value is -1.23. The maximum absolute atomic E-state index is 11.3.